The van der Waals surface area contributed by atoms with Crippen molar-refractivity contribution in [2.24, 2.45) is 11.6 Å². The van der Waals surface area contributed by atoms with Crippen molar-refractivity contribution in [3.8, 4) is 0 Å². The number of hydrazine groups is 1. The molecule has 2 aliphatic rings. The van der Waals surface area contributed by atoms with E-state index < -0.39 is 0 Å². The molecule has 0 spiro atoms. The molecule has 0 aromatic carbocycles. The second-order valence-corrected chi connectivity index (χ2v) is 7.20. The molecule has 3 atom stereocenters. The quantitative estimate of drug-likeness (QED) is 0.147. The van der Waals surface area contributed by atoms with Crippen molar-refractivity contribution in [2.75, 3.05) is 12.3 Å². The van der Waals surface area contributed by atoms with Crippen LogP contribution in [0.2, 0.25) is 0 Å². The molecular formula is C15H31N5O2S. The van der Waals surface area contributed by atoms with Crippen molar-refractivity contribution >= 4 is 23.7 Å². The molecule has 2 rings (SSSR count). The van der Waals surface area contributed by atoms with E-state index in [-0.39, 0.29) is 24.0 Å². The summed E-state index contributed by atoms with van der Waals surface area (Å²) in [5.74, 6) is 5.87. The van der Waals surface area contributed by atoms with Gasteiger partial charge in [0.15, 0.2) is 0 Å². The lowest BCUT2D eigenvalue weighted by Crippen LogP contribution is -2.36. The van der Waals surface area contributed by atoms with Gasteiger partial charge in [-0.1, -0.05) is 26.2 Å². The molecule has 7 nitrogen and oxygen atoms in total. The molecule has 2 fully saturated rings. The third kappa shape index (κ3) is 7.41. The Morgan fingerprint density at radius 3 is 2.70 bits per heavy atom. The Morgan fingerprint density at radius 2 is 2.09 bits per heavy atom. The second-order valence-electron chi connectivity index (χ2n) is 5.93. The first kappa shape index (κ1) is 20.1. The van der Waals surface area contributed by atoms with Gasteiger partial charge in [-0.3, -0.25) is 10.2 Å². The summed E-state index contributed by atoms with van der Waals surface area (Å²) in [6, 6.07) is 0.494. The molecule has 2 heterocycles. The summed E-state index contributed by atoms with van der Waals surface area (Å²) in [6.07, 6.45) is 7.10. The molecule has 0 unspecified atom stereocenters. The Bertz CT molecular complexity index is 366. The Hall–Kier alpha value is -0.990. The van der Waals surface area contributed by atoms with Crippen LogP contribution in [0.3, 0.4) is 0 Å². The minimum atomic E-state index is -0.113. The average Bonchev–Trinajstić information content (AvgIpc) is 3.09. The third-order valence-corrected chi connectivity index (χ3v) is 5.56. The van der Waals surface area contributed by atoms with Crippen LogP contribution in [0, 0.1) is 0 Å². The highest BCUT2D eigenvalue weighted by atomic mass is 32.2. The van der Waals surface area contributed by atoms with Gasteiger partial charge >= 0.3 is 6.03 Å². The van der Waals surface area contributed by atoms with Crippen LogP contribution in [0.1, 0.15) is 51.9 Å². The summed E-state index contributed by atoms with van der Waals surface area (Å²) >= 11 is 1.90. The summed E-state index contributed by atoms with van der Waals surface area (Å²) in [7, 11) is 0. The van der Waals surface area contributed by atoms with Gasteiger partial charge in [0.25, 0.3) is 0 Å². The minimum Gasteiger partial charge on any atom is -0.332 e. The van der Waals surface area contributed by atoms with Gasteiger partial charge in [0.1, 0.15) is 0 Å². The molecule has 23 heavy (non-hydrogen) atoms. The van der Waals surface area contributed by atoms with Gasteiger partial charge in [-0.2, -0.15) is 11.8 Å². The van der Waals surface area contributed by atoms with Crippen LogP contribution in [0.25, 0.3) is 0 Å². The maximum absolute atomic E-state index is 11.2. The number of fused-ring (bicyclic) bond motifs is 1. The summed E-state index contributed by atoms with van der Waals surface area (Å²) in [4.78, 5) is 22.1. The SMILES string of the molecule is CCCCCN.NNC(=O)CCCC[C@@H]1SC[C@@H]2NC(=O)N[C@@H]21. The summed E-state index contributed by atoms with van der Waals surface area (Å²) in [5, 5.41) is 6.34. The number of unbranched alkanes of at least 4 members (excludes halogenated alkanes) is 3. The number of amides is 3. The molecule has 134 valence electrons. The van der Waals surface area contributed by atoms with Crippen molar-refractivity contribution in [1.82, 2.24) is 16.1 Å². The second kappa shape index (κ2) is 11.5. The maximum Gasteiger partial charge on any atom is 0.315 e. The average molecular weight is 346 g/mol. The molecule has 0 aromatic heterocycles. The van der Waals surface area contributed by atoms with Crippen molar-refractivity contribution in [3.05, 3.63) is 0 Å². The topological polar surface area (TPSA) is 122 Å². The Morgan fingerprint density at radius 1 is 1.30 bits per heavy atom. The van der Waals surface area contributed by atoms with Gasteiger partial charge in [0, 0.05) is 17.4 Å². The zero-order valence-corrected chi connectivity index (χ0v) is 14.8. The molecule has 3 amide bonds. The van der Waals surface area contributed by atoms with Crippen molar-refractivity contribution in [3.63, 3.8) is 0 Å². The number of hydrogen-bond acceptors (Lipinski definition) is 5. The fraction of sp³-hybridized carbons (Fsp3) is 0.867. The van der Waals surface area contributed by atoms with Gasteiger partial charge in [-0.25, -0.2) is 10.6 Å². The van der Waals surface area contributed by atoms with Crippen LogP contribution < -0.4 is 27.6 Å². The molecule has 2 aliphatic heterocycles. The fourth-order valence-corrected chi connectivity index (χ4v) is 4.28. The lowest BCUT2D eigenvalue weighted by molar-refractivity contribution is -0.121. The monoisotopic (exact) mass is 345 g/mol. The van der Waals surface area contributed by atoms with E-state index in [0.717, 1.165) is 31.6 Å². The van der Waals surface area contributed by atoms with Gasteiger partial charge in [0.2, 0.25) is 5.91 Å². The highest BCUT2D eigenvalue weighted by Crippen LogP contribution is 2.33. The van der Waals surface area contributed by atoms with E-state index in [1.807, 2.05) is 11.8 Å². The smallest absolute Gasteiger partial charge is 0.315 e. The molecule has 7 N–H and O–H groups in total. The molecule has 0 aliphatic carbocycles. The van der Waals surface area contributed by atoms with Crippen LogP contribution in [0.5, 0.6) is 0 Å². The largest absolute Gasteiger partial charge is 0.332 e. The number of urea groups is 1. The minimum absolute atomic E-state index is 0.0483. The van der Waals surface area contributed by atoms with Gasteiger partial charge < -0.3 is 16.4 Å². The van der Waals surface area contributed by atoms with Crippen molar-refractivity contribution < 1.29 is 9.59 Å². The maximum atomic E-state index is 11.2. The van der Waals surface area contributed by atoms with Gasteiger partial charge in [0.05, 0.1) is 12.1 Å². The van der Waals surface area contributed by atoms with Crippen LogP contribution in [-0.2, 0) is 4.79 Å². The number of carbonyl (C=O) groups is 2. The Balaban J connectivity index is 0.000000379. The molecule has 0 saturated carbocycles. The normalized spacial score (nSPS) is 25.0. The fourth-order valence-electron chi connectivity index (χ4n) is 2.74. The van der Waals surface area contributed by atoms with Gasteiger partial charge in [-0.05, 0) is 25.8 Å². The van der Waals surface area contributed by atoms with Crippen LogP contribution in [0.4, 0.5) is 4.79 Å². The summed E-state index contributed by atoms with van der Waals surface area (Å²) < 4.78 is 0. The van der Waals surface area contributed by atoms with E-state index in [0.29, 0.717) is 11.7 Å². The van der Waals surface area contributed by atoms with E-state index in [1.165, 1.54) is 19.3 Å². The van der Waals surface area contributed by atoms with Crippen LogP contribution in [-0.4, -0.2) is 41.6 Å². The van der Waals surface area contributed by atoms with E-state index in [1.54, 1.807) is 0 Å². The zero-order valence-electron chi connectivity index (χ0n) is 14.0. The number of nitrogens with two attached hydrogens (primary N) is 2. The van der Waals surface area contributed by atoms with E-state index in [4.69, 9.17) is 11.6 Å². The zero-order chi connectivity index (χ0) is 17.1. The molecular weight excluding hydrogens is 314 g/mol. The lowest BCUT2D eigenvalue weighted by Gasteiger charge is -2.16. The van der Waals surface area contributed by atoms with E-state index in [9.17, 15) is 9.59 Å². The van der Waals surface area contributed by atoms with E-state index in [2.05, 4.69) is 23.0 Å². The first-order valence-corrected chi connectivity index (χ1v) is 9.55. The Labute approximate surface area is 143 Å². The third-order valence-electron chi connectivity index (χ3n) is 4.05. The van der Waals surface area contributed by atoms with Crippen molar-refractivity contribution in [1.29, 1.82) is 0 Å². The molecule has 0 bridgehead atoms. The number of nitrogens with one attached hydrogen (secondary N) is 3. The molecule has 0 aromatic rings. The number of hydrogen-bond donors (Lipinski definition) is 5. The standard InChI is InChI=1S/C10H18N4O2S.C5H13N/c11-14-8(15)4-2-1-3-7-9-6(5-17-7)12-10(16)13-9;1-2-3-4-5-6/h6-7,9H,1-5,11H2,(H,14,15)(H2,12,13,16);2-6H2,1H3/t6-,7-,9-;/m0./s1. The van der Waals surface area contributed by atoms with Crippen LogP contribution >= 0.6 is 11.8 Å². The van der Waals surface area contributed by atoms with Gasteiger partial charge in [-0.15, -0.1) is 0 Å². The summed E-state index contributed by atoms with van der Waals surface area (Å²) in [6.45, 7) is 3.03. The number of rotatable bonds is 8. The number of carbonyl (C=O) groups excluding carboxylic acids is 2. The highest BCUT2D eigenvalue weighted by Gasteiger charge is 2.42. The lowest BCUT2D eigenvalue weighted by atomic mass is 10.0. The number of thioether (sulfide) groups is 1. The molecule has 2 saturated heterocycles. The predicted octanol–water partition coefficient (Wildman–Crippen LogP) is 0.837. The van der Waals surface area contributed by atoms with Crippen molar-refractivity contribution in [2.45, 2.75) is 69.2 Å². The first-order chi connectivity index (χ1) is 11.1. The first-order valence-electron chi connectivity index (χ1n) is 8.50. The predicted molar refractivity (Wildman–Crippen MR) is 94.9 cm³/mol. The highest BCUT2D eigenvalue weighted by molar-refractivity contribution is 8.00. The molecule has 0 radical (unpaired) electrons. The summed E-state index contributed by atoms with van der Waals surface area (Å²) in [5.41, 5.74) is 7.34. The van der Waals surface area contributed by atoms with E-state index >= 15 is 0 Å². The van der Waals surface area contributed by atoms with Crippen LogP contribution in [0.15, 0.2) is 0 Å². The molecule has 8 heteroatoms. The Kier molecular flexibility index (Phi) is 10.1.